The zero-order valence-corrected chi connectivity index (χ0v) is 20.2. The number of hydrogen-bond donors (Lipinski definition) is 0. The van der Waals surface area contributed by atoms with Crippen molar-refractivity contribution in [3.8, 4) is 11.8 Å². The standard InChI is InChI=1S/C32H37F/c1-3-5-6-8-24-9-11-25(12-10-24)13-15-27-17-18-31(23-32(27)33)30-20-19-28-21-26(7-4-2)14-16-29(28)22-30/h3-5,7,9-12,17-18,23,26,28-30H,6,8,14,16,19-22H2,1-2H3/b5-3+,7-4+. The quantitative estimate of drug-likeness (QED) is 0.322. The average Bonchev–Trinajstić information content (AvgIpc) is 2.84. The summed E-state index contributed by atoms with van der Waals surface area (Å²) in [4.78, 5) is 0. The Kier molecular flexibility index (Phi) is 8.22. The van der Waals surface area contributed by atoms with Crippen LogP contribution in [0.2, 0.25) is 0 Å². The molecule has 4 atom stereocenters. The van der Waals surface area contributed by atoms with Crippen molar-refractivity contribution < 1.29 is 4.39 Å². The maximum Gasteiger partial charge on any atom is 0.139 e. The summed E-state index contributed by atoms with van der Waals surface area (Å²) in [6.45, 7) is 4.18. The molecule has 2 aromatic rings. The molecule has 2 fully saturated rings. The number of fused-ring (bicyclic) bond motifs is 1. The van der Waals surface area contributed by atoms with Gasteiger partial charge < -0.3 is 0 Å². The SMILES string of the molecule is C/C=C/CCc1ccc(C#Cc2ccc(C3CCC4CC(/C=C/C)CCC4C3)cc2F)cc1. The largest absolute Gasteiger partial charge is 0.206 e. The predicted molar refractivity (Wildman–Crippen MR) is 138 cm³/mol. The smallest absolute Gasteiger partial charge is 0.139 e. The lowest BCUT2D eigenvalue weighted by molar-refractivity contribution is 0.133. The molecule has 0 bridgehead atoms. The van der Waals surface area contributed by atoms with Gasteiger partial charge in [-0.2, -0.15) is 0 Å². The second-order valence-electron chi connectivity index (χ2n) is 9.92. The molecule has 0 nitrogen and oxygen atoms in total. The molecule has 0 N–H and O–H groups in total. The van der Waals surface area contributed by atoms with Crippen LogP contribution in [0.5, 0.6) is 0 Å². The highest BCUT2D eigenvalue weighted by Gasteiger charge is 2.35. The van der Waals surface area contributed by atoms with Crippen LogP contribution in [0, 0.1) is 35.4 Å². The molecule has 33 heavy (non-hydrogen) atoms. The fourth-order valence-corrected chi connectivity index (χ4v) is 5.87. The van der Waals surface area contributed by atoms with Gasteiger partial charge in [-0.1, -0.05) is 54.3 Å². The van der Waals surface area contributed by atoms with E-state index in [0.29, 0.717) is 11.5 Å². The minimum atomic E-state index is -0.179. The summed E-state index contributed by atoms with van der Waals surface area (Å²) in [5, 5.41) is 0. The van der Waals surface area contributed by atoms with E-state index >= 15 is 0 Å². The number of allylic oxidation sites excluding steroid dienone is 4. The van der Waals surface area contributed by atoms with E-state index in [1.54, 1.807) is 6.07 Å². The van der Waals surface area contributed by atoms with Gasteiger partial charge in [-0.25, -0.2) is 4.39 Å². The van der Waals surface area contributed by atoms with Gasteiger partial charge in [0.15, 0.2) is 0 Å². The fourth-order valence-electron chi connectivity index (χ4n) is 5.87. The van der Waals surface area contributed by atoms with Gasteiger partial charge in [-0.15, -0.1) is 0 Å². The summed E-state index contributed by atoms with van der Waals surface area (Å²) in [6.07, 6.45) is 18.7. The lowest BCUT2D eigenvalue weighted by Crippen LogP contribution is -2.30. The van der Waals surface area contributed by atoms with Gasteiger partial charge in [0.2, 0.25) is 0 Å². The summed E-state index contributed by atoms with van der Waals surface area (Å²) in [6, 6.07) is 14.1. The van der Waals surface area contributed by atoms with Crippen LogP contribution in [-0.4, -0.2) is 0 Å². The Morgan fingerprint density at radius 3 is 2.42 bits per heavy atom. The lowest BCUT2D eigenvalue weighted by Gasteiger charge is -2.41. The zero-order chi connectivity index (χ0) is 23.0. The summed E-state index contributed by atoms with van der Waals surface area (Å²) in [7, 11) is 0. The monoisotopic (exact) mass is 440 g/mol. The molecule has 0 spiro atoms. The third-order valence-electron chi connectivity index (χ3n) is 7.71. The molecule has 172 valence electrons. The summed E-state index contributed by atoms with van der Waals surface area (Å²) >= 11 is 0. The van der Waals surface area contributed by atoms with Gasteiger partial charge in [-0.3, -0.25) is 0 Å². The summed E-state index contributed by atoms with van der Waals surface area (Å²) in [5.41, 5.74) is 3.90. The second-order valence-corrected chi connectivity index (χ2v) is 9.92. The van der Waals surface area contributed by atoms with E-state index < -0.39 is 0 Å². The van der Waals surface area contributed by atoms with E-state index in [2.05, 4.69) is 61.3 Å². The highest BCUT2D eigenvalue weighted by atomic mass is 19.1. The van der Waals surface area contributed by atoms with Crippen molar-refractivity contribution in [2.75, 3.05) is 0 Å². The molecular formula is C32H37F. The van der Waals surface area contributed by atoms with E-state index in [4.69, 9.17) is 0 Å². The van der Waals surface area contributed by atoms with Crippen molar-refractivity contribution in [3.63, 3.8) is 0 Å². The van der Waals surface area contributed by atoms with Crippen molar-refractivity contribution in [2.24, 2.45) is 17.8 Å². The topological polar surface area (TPSA) is 0 Å². The van der Waals surface area contributed by atoms with Crippen LogP contribution in [0.1, 0.15) is 87.0 Å². The lowest BCUT2D eigenvalue weighted by atomic mass is 9.64. The number of hydrogen-bond acceptors (Lipinski definition) is 0. The Hall–Kier alpha value is -2.59. The Labute approximate surface area is 200 Å². The van der Waals surface area contributed by atoms with Crippen molar-refractivity contribution in [2.45, 2.75) is 71.1 Å². The number of aryl methyl sites for hydroxylation is 1. The highest BCUT2D eigenvalue weighted by Crippen LogP contribution is 2.47. The van der Waals surface area contributed by atoms with E-state index in [9.17, 15) is 4.39 Å². The van der Waals surface area contributed by atoms with Gasteiger partial charge >= 0.3 is 0 Å². The zero-order valence-electron chi connectivity index (χ0n) is 20.2. The summed E-state index contributed by atoms with van der Waals surface area (Å²) < 4.78 is 14.9. The molecule has 2 saturated carbocycles. The maximum atomic E-state index is 14.9. The van der Waals surface area contributed by atoms with Crippen LogP contribution >= 0.6 is 0 Å². The summed E-state index contributed by atoms with van der Waals surface area (Å²) in [5.74, 6) is 8.96. The first-order valence-electron chi connectivity index (χ1n) is 12.8. The first-order chi connectivity index (χ1) is 16.2. The Morgan fingerprint density at radius 1 is 0.879 bits per heavy atom. The molecule has 2 aliphatic rings. The Morgan fingerprint density at radius 2 is 1.67 bits per heavy atom. The van der Waals surface area contributed by atoms with Gasteiger partial charge in [0.1, 0.15) is 5.82 Å². The molecule has 2 aromatic carbocycles. The molecule has 0 saturated heterocycles. The van der Waals surface area contributed by atoms with Gasteiger partial charge in [0, 0.05) is 5.56 Å². The third kappa shape index (κ3) is 6.26. The minimum absolute atomic E-state index is 0.179. The number of halogens is 1. The molecule has 2 aliphatic carbocycles. The Bertz CT molecular complexity index is 1030. The normalized spacial score (nSPS) is 25.1. The van der Waals surface area contributed by atoms with Crippen LogP contribution in [0.3, 0.4) is 0 Å². The van der Waals surface area contributed by atoms with Crippen molar-refractivity contribution in [1.82, 2.24) is 0 Å². The maximum absolute atomic E-state index is 14.9. The van der Waals surface area contributed by atoms with Crippen LogP contribution in [-0.2, 0) is 6.42 Å². The van der Waals surface area contributed by atoms with Gasteiger partial charge in [0.05, 0.1) is 5.56 Å². The molecule has 0 radical (unpaired) electrons. The van der Waals surface area contributed by atoms with Crippen LogP contribution in [0.4, 0.5) is 4.39 Å². The van der Waals surface area contributed by atoms with E-state index in [1.807, 2.05) is 25.1 Å². The van der Waals surface area contributed by atoms with Gasteiger partial charge in [-0.05, 0) is 124 Å². The van der Waals surface area contributed by atoms with Crippen molar-refractivity contribution in [1.29, 1.82) is 0 Å². The molecule has 4 rings (SSSR count). The van der Waals surface area contributed by atoms with Crippen LogP contribution in [0.15, 0.2) is 66.8 Å². The molecule has 0 aromatic heterocycles. The fraction of sp³-hybridized carbons (Fsp3) is 0.438. The minimum Gasteiger partial charge on any atom is -0.206 e. The second kappa shape index (κ2) is 11.5. The predicted octanol–water partition coefficient (Wildman–Crippen LogP) is 8.61. The number of benzene rings is 2. The molecule has 1 heteroatoms. The first-order valence-corrected chi connectivity index (χ1v) is 12.8. The first kappa shape index (κ1) is 23.6. The molecule has 4 unspecified atom stereocenters. The Balaban J connectivity index is 1.37. The van der Waals surface area contributed by atoms with Crippen LogP contribution < -0.4 is 0 Å². The molecule has 0 heterocycles. The molecule has 0 aliphatic heterocycles. The molecule has 0 amide bonds. The third-order valence-corrected chi connectivity index (χ3v) is 7.71. The van der Waals surface area contributed by atoms with Crippen LogP contribution in [0.25, 0.3) is 0 Å². The average molecular weight is 441 g/mol. The van der Waals surface area contributed by atoms with E-state index in [-0.39, 0.29) is 5.82 Å². The highest BCUT2D eigenvalue weighted by molar-refractivity contribution is 5.45. The van der Waals surface area contributed by atoms with Crippen molar-refractivity contribution in [3.05, 3.63) is 94.8 Å². The van der Waals surface area contributed by atoms with Crippen molar-refractivity contribution >= 4 is 0 Å². The molecular weight excluding hydrogens is 403 g/mol. The van der Waals surface area contributed by atoms with E-state index in [0.717, 1.165) is 41.7 Å². The van der Waals surface area contributed by atoms with Gasteiger partial charge in [0.25, 0.3) is 0 Å². The van der Waals surface area contributed by atoms with E-state index in [1.165, 1.54) is 44.1 Å². The number of rotatable bonds is 5.